The average Bonchev–Trinajstić information content (AvgIpc) is 2.97. The zero-order chi connectivity index (χ0) is 18.8. The predicted octanol–water partition coefficient (Wildman–Crippen LogP) is 4.17. The van der Waals surface area contributed by atoms with E-state index >= 15 is 0 Å². The van der Waals surface area contributed by atoms with Crippen LogP contribution in [0.2, 0.25) is 18.1 Å². The molecule has 0 spiro atoms. The van der Waals surface area contributed by atoms with E-state index in [9.17, 15) is 9.18 Å². The van der Waals surface area contributed by atoms with Crippen LogP contribution < -0.4 is 4.43 Å². The van der Waals surface area contributed by atoms with Gasteiger partial charge in [0, 0.05) is 5.56 Å². The van der Waals surface area contributed by atoms with Gasteiger partial charge in [-0.1, -0.05) is 20.8 Å². The van der Waals surface area contributed by atoms with Crippen LogP contribution in [-0.4, -0.2) is 36.3 Å². The van der Waals surface area contributed by atoms with Gasteiger partial charge >= 0.3 is 5.97 Å². The molecule has 6 nitrogen and oxygen atoms in total. The minimum Gasteiger partial charge on any atom is -0.543 e. The van der Waals surface area contributed by atoms with Crippen LogP contribution in [0.4, 0.5) is 4.39 Å². The average molecular weight is 365 g/mol. The Morgan fingerprint density at radius 2 is 1.96 bits per heavy atom. The molecule has 0 fully saturated rings. The Morgan fingerprint density at radius 3 is 2.56 bits per heavy atom. The quantitative estimate of drug-likeness (QED) is 0.635. The summed E-state index contributed by atoms with van der Waals surface area (Å²) in [6.45, 7) is 12.5. The fourth-order valence-electron chi connectivity index (χ4n) is 1.96. The van der Waals surface area contributed by atoms with Crippen molar-refractivity contribution in [3.63, 3.8) is 0 Å². The second-order valence-electron chi connectivity index (χ2n) is 7.25. The number of ether oxygens (including phenoxy) is 1. The molecule has 1 heterocycles. The van der Waals surface area contributed by atoms with E-state index in [-0.39, 0.29) is 28.6 Å². The highest BCUT2D eigenvalue weighted by atomic mass is 28.4. The number of nitrogens with one attached hydrogen (secondary N) is 1. The predicted molar refractivity (Wildman–Crippen MR) is 95.6 cm³/mol. The lowest BCUT2D eigenvalue weighted by Crippen LogP contribution is -2.43. The van der Waals surface area contributed by atoms with E-state index < -0.39 is 20.1 Å². The highest BCUT2D eigenvalue weighted by Crippen LogP contribution is 2.38. The number of carbonyl (C=O) groups is 1. The maximum absolute atomic E-state index is 14.4. The molecule has 0 saturated heterocycles. The molecule has 0 atom stereocenters. The summed E-state index contributed by atoms with van der Waals surface area (Å²) in [5, 5.41) is 10.1. The van der Waals surface area contributed by atoms with Gasteiger partial charge in [0.15, 0.2) is 5.69 Å². The van der Waals surface area contributed by atoms with Gasteiger partial charge in [-0.05, 0) is 43.3 Å². The fourth-order valence-corrected chi connectivity index (χ4v) is 2.98. The number of halogens is 1. The van der Waals surface area contributed by atoms with Crippen LogP contribution in [0.1, 0.15) is 38.2 Å². The van der Waals surface area contributed by atoms with Gasteiger partial charge in [-0.25, -0.2) is 9.18 Å². The summed E-state index contributed by atoms with van der Waals surface area (Å²) in [5.41, 5.74) is 0.204. The minimum atomic E-state index is -2.08. The lowest BCUT2D eigenvalue weighted by Gasteiger charge is -2.36. The van der Waals surface area contributed by atoms with Crippen LogP contribution in [0.25, 0.3) is 11.3 Å². The number of carbonyl (C=O) groups excluding carboxylic acids is 1. The molecule has 25 heavy (non-hydrogen) atoms. The Morgan fingerprint density at radius 1 is 1.28 bits per heavy atom. The molecule has 0 saturated carbocycles. The Labute approximate surface area is 147 Å². The van der Waals surface area contributed by atoms with Gasteiger partial charge in [-0.15, -0.1) is 5.10 Å². The third kappa shape index (κ3) is 4.06. The summed E-state index contributed by atoms with van der Waals surface area (Å²) in [6, 6.07) is 4.45. The maximum Gasteiger partial charge on any atom is 0.361 e. The Bertz CT molecular complexity index is 769. The molecule has 1 aromatic heterocycles. The third-order valence-electron chi connectivity index (χ3n) is 4.39. The van der Waals surface area contributed by atoms with Crippen LogP contribution in [0.3, 0.4) is 0 Å². The van der Waals surface area contributed by atoms with Crippen molar-refractivity contribution in [3.8, 4) is 17.0 Å². The molecular formula is C17H24FN3O3Si. The molecule has 0 amide bonds. The number of aromatic nitrogens is 3. The van der Waals surface area contributed by atoms with Gasteiger partial charge in [-0.2, -0.15) is 10.3 Å². The van der Waals surface area contributed by atoms with Crippen molar-refractivity contribution in [2.45, 2.75) is 45.8 Å². The van der Waals surface area contributed by atoms with Crippen molar-refractivity contribution >= 4 is 14.3 Å². The summed E-state index contributed by atoms with van der Waals surface area (Å²) < 4.78 is 25.5. The van der Waals surface area contributed by atoms with Crippen LogP contribution in [0.15, 0.2) is 18.2 Å². The molecule has 0 unspecified atom stereocenters. The number of hydrogen-bond acceptors (Lipinski definition) is 5. The van der Waals surface area contributed by atoms with E-state index in [0.717, 1.165) is 0 Å². The van der Waals surface area contributed by atoms with Gasteiger partial charge in [0.2, 0.25) is 8.32 Å². The number of rotatable bonds is 5. The first-order valence-electron chi connectivity index (χ1n) is 8.13. The number of aromatic amines is 1. The molecule has 8 heteroatoms. The zero-order valence-electron chi connectivity index (χ0n) is 15.4. The Hall–Kier alpha value is -2.22. The second kappa shape index (κ2) is 6.95. The van der Waals surface area contributed by atoms with Crippen molar-refractivity contribution in [2.75, 3.05) is 6.61 Å². The highest BCUT2D eigenvalue weighted by molar-refractivity contribution is 6.74. The molecule has 1 N–H and O–H groups in total. The SMILES string of the molecule is CCOC(=O)c1n[nH]nc1-c1cc(O[Si](C)(C)C(C)(C)C)ccc1F. The first-order chi connectivity index (χ1) is 11.6. The summed E-state index contributed by atoms with van der Waals surface area (Å²) in [4.78, 5) is 12.0. The second-order valence-corrected chi connectivity index (χ2v) is 12.0. The highest BCUT2D eigenvalue weighted by Gasteiger charge is 2.39. The molecule has 1 aromatic carbocycles. The number of nitrogens with zero attached hydrogens (tertiary/aromatic N) is 2. The maximum atomic E-state index is 14.4. The standard InChI is InChI=1S/C17H24FN3O3Si/c1-7-23-16(22)15-14(19-21-20-15)12-10-11(8-9-13(12)18)24-25(5,6)17(2,3)4/h8-10H,7H2,1-6H3,(H,19,20,21). The molecule has 0 aliphatic carbocycles. The van der Waals surface area contributed by atoms with Crippen molar-refractivity contribution in [1.29, 1.82) is 0 Å². The molecular weight excluding hydrogens is 341 g/mol. The zero-order valence-corrected chi connectivity index (χ0v) is 16.4. The lowest BCUT2D eigenvalue weighted by atomic mass is 10.1. The Kier molecular flexibility index (Phi) is 5.31. The summed E-state index contributed by atoms with van der Waals surface area (Å²) in [6.07, 6.45) is 0. The van der Waals surface area contributed by atoms with Crippen LogP contribution in [0, 0.1) is 5.82 Å². The molecule has 0 aliphatic rings. The number of H-pyrrole nitrogens is 1. The monoisotopic (exact) mass is 365 g/mol. The number of hydrogen-bond donors (Lipinski definition) is 1. The first kappa shape index (κ1) is 19.1. The Balaban J connectivity index is 2.42. The van der Waals surface area contributed by atoms with Crippen LogP contribution >= 0.6 is 0 Å². The molecule has 136 valence electrons. The molecule has 2 rings (SSSR count). The van der Waals surface area contributed by atoms with Crippen molar-refractivity contribution < 1.29 is 18.3 Å². The fraction of sp³-hybridized carbons (Fsp3) is 0.471. The smallest absolute Gasteiger partial charge is 0.361 e. The molecule has 0 radical (unpaired) electrons. The van der Waals surface area contributed by atoms with E-state index in [1.54, 1.807) is 19.1 Å². The van der Waals surface area contributed by atoms with Gasteiger partial charge in [0.1, 0.15) is 17.3 Å². The van der Waals surface area contributed by atoms with E-state index in [0.29, 0.717) is 5.75 Å². The van der Waals surface area contributed by atoms with E-state index in [1.807, 2.05) is 0 Å². The topological polar surface area (TPSA) is 77.1 Å². The van der Waals surface area contributed by atoms with Crippen molar-refractivity contribution in [2.24, 2.45) is 0 Å². The number of esters is 1. The number of benzene rings is 1. The normalized spacial score (nSPS) is 12.1. The van der Waals surface area contributed by atoms with Crippen LogP contribution in [0.5, 0.6) is 5.75 Å². The van der Waals surface area contributed by atoms with E-state index in [4.69, 9.17) is 9.16 Å². The summed E-state index contributed by atoms with van der Waals surface area (Å²) >= 11 is 0. The molecule has 2 aromatic rings. The summed E-state index contributed by atoms with van der Waals surface area (Å²) in [7, 11) is -2.08. The van der Waals surface area contributed by atoms with Gasteiger partial charge in [0.05, 0.1) is 6.61 Å². The van der Waals surface area contributed by atoms with E-state index in [1.165, 1.54) is 6.07 Å². The third-order valence-corrected chi connectivity index (χ3v) is 8.75. The van der Waals surface area contributed by atoms with Crippen LogP contribution in [-0.2, 0) is 4.74 Å². The molecule has 0 aliphatic heterocycles. The largest absolute Gasteiger partial charge is 0.543 e. The lowest BCUT2D eigenvalue weighted by molar-refractivity contribution is 0.0520. The molecule has 0 bridgehead atoms. The van der Waals surface area contributed by atoms with Crippen molar-refractivity contribution in [3.05, 3.63) is 29.7 Å². The van der Waals surface area contributed by atoms with Crippen molar-refractivity contribution in [1.82, 2.24) is 15.4 Å². The van der Waals surface area contributed by atoms with Gasteiger partial charge < -0.3 is 9.16 Å². The van der Waals surface area contributed by atoms with Gasteiger partial charge in [0.25, 0.3) is 0 Å². The first-order valence-corrected chi connectivity index (χ1v) is 11.0. The minimum absolute atomic E-state index is 0.00549. The van der Waals surface area contributed by atoms with E-state index in [2.05, 4.69) is 49.3 Å². The van der Waals surface area contributed by atoms with Gasteiger partial charge in [-0.3, -0.25) is 0 Å². The summed E-state index contributed by atoms with van der Waals surface area (Å²) in [5.74, 6) is -0.621.